The van der Waals surface area contributed by atoms with Gasteiger partial charge in [0.15, 0.2) is 0 Å². The second-order valence-corrected chi connectivity index (χ2v) is 7.85. The van der Waals surface area contributed by atoms with Gasteiger partial charge in [0.2, 0.25) is 0 Å². The lowest BCUT2D eigenvalue weighted by molar-refractivity contribution is 0.217. The first-order valence-electron chi connectivity index (χ1n) is 9.05. The van der Waals surface area contributed by atoms with Gasteiger partial charge < -0.3 is 4.74 Å². The van der Waals surface area contributed by atoms with Crippen LogP contribution >= 0.6 is 11.8 Å². The molecule has 0 spiro atoms. The summed E-state index contributed by atoms with van der Waals surface area (Å²) in [4.78, 5) is 2.52. The fraction of sp³-hybridized carbons (Fsp3) is 0.455. The molecule has 0 heterocycles. The van der Waals surface area contributed by atoms with Crippen molar-refractivity contribution >= 4 is 11.8 Å². The predicted octanol–water partition coefficient (Wildman–Crippen LogP) is 7.09. The Labute approximate surface area is 151 Å². The molecule has 0 unspecified atom stereocenters. The lowest BCUT2D eigenvalue weighted by Gasteiger charge is -2.27. The van der Waals surface area contributed by atoms with E-state index in [0.717, 1.165) is 12.2 Å². The van der Waals surface area contributed by atoms with Crippen LogP contribution in [0, 0.1) is 0 Å². The van der Waals surface area contributed by atoms with Crippen molar-refractivity contribution in [2.45, 2.75) is 75.2 Å². The van der Waals surface area contributed by atoms with Gasteiger partial charge >= 0.3 is 0 Å². The molecule has 2 aromatic carbocycles. The molecule has 0 bridgehead atoms. The summed E-state index contributed by atoms with van der Waals surface area (Å²) in [6.45, 7) is 11.1. The van der Waals surface area contributed by atoms with Gasteiger partial charge in [-0.2, -0.15) is 0 Å². The third kappa shape index (κ3) is 4.80. The summed E-state index contributed by atoms with van der Waals surface area (Å²) in [5.74, 6) is 0.950. The fourth-order valence-electron chi connectivity index (χ4n) is 2.62. The van der Waals surface area contributed by atoms with Crippen LogP contribution in [0.25, 0.3) is 0 Å². The molecule has 0 saturated heterocycles. The predicted molar refractivity (Wildman–Crippen MR) is 105 cm³/mol. The standard InChI is InChI=1S/C22H30OS/c1-6-17(4)23-19-11-15-21(16-12-19)24-20-13-9-18(10-14-20)22(5,7-2)8-3/h9-17H,6-8H2,1-5H3/t17-/m1/s1. The molecule has 0 radical (unpaired) electrons. The number of benzene rings is 2. The molecular weight excluding hydrogens is 312 g/mol. The SMILES string of the molecule is CC[C@@H](C)Oc1ccc(Sc2ccc(C(C)(CC)CC)cc2)cc1. The van der Waals surface area contributed by atoms with Crippen molar-refractivity contribution in [1.82, 2.24) is 0 Å². The van der Waals surface area contributed by atoms with E-state index in [1.807, 2.05) is 0 Å². The summed E-state index contributed by atoms with van der Waals surface area (Å²) in [6, 6.07) is 17.5. The Bertz CT molecular complexity index is 611. The van der Waals surface area contributed by atoms with E-state index in [2.05, 4.69) is 83.1 Å². The van der Waals surface area contributed by atoms with E-state index < -0.39 is 0 Å². The first kappa shape index (κ1) is 18.9. The van der Waals surface area contributed by atoms with E-state index in [0.29, 0.717) is 0 Å². The second-order valence-electron chi connectivity index (χ2n) is 6.70. The largest absolute Gasteiger partial charge is 0.491 e. The van der Waals surface area contributed by atoms with Crippen molar-refractivity contribution in [1.29, 1.82) is 0 Å². The van der Waals surface area contributed by atoms with E-state index in [1.54, 1.807) is 11.8 Å². The molecule has 0 saturated carbocycles. The third-order valence-corrected chi connectivity index (χ3v) is 6.10. The minimum absolute atomic E-state index is 0.266. The zero-order chi connectivity index (χ0) is 17.6. The second kappa shape index (κ2) is 8.62. The first-order valence-corrected chi connectivity index (χ1v) is 9.87. The Kier molecular flexibility index (Phi) is 6.79. The minimum atomic E-state index is 0.266. The van der Waals surface area contributed by atoms with Crippen molar-refractivity contribution in [2.24, 2.45) is 0 Å². The third-order valence-electron chi connectivity index (χ3n) is 5.08. The van der Waals surface area contributed by atoms with Gasteiger partial charge in [0.05, 0.1) is 6.10 Å². The number of hydrogen-bond acceptors (Lipinski definition) is 2. The van der Waals surface area contributed by atoms with E-state index in [-0.39, 0.29) is 11.5 Å². The highest BCUT2D eigenvalue weighted by Gasteiger charge is 2.21. The van der Waals surface area contributed by atoms with Gasteiger partial charge in [0.1, 0.15) is 5.75 Å². The van der Waals surface area contributed by atoms with E-state index in [1.165, 1.54) is 28.2 Å². The summed E-state index contributed by atoms with van der Waals surface area (Å²) in [5.41, 5.74) is 1.73. The van der Waals surface area contributed by atoms with Gasteiger partial charge in [-0.25, -0.2) is 0 Å². The molecule has 0 aromatic heterocycles. The quantitative estimate of drug-likeness (QED) is 0.506. The monoisotopic (exact) mass is 342 g/mol. The van der Waals surface area contributed by atoms with Crippen LogP contribution in [0.4, 0.5) is 0 Å². The maximum Gasteiger partial charge on any atom is 0.119 e. The van der Waals surface area contributed by atoms with Gasteiger partial charge in [-0.05, 0) is 73.6 Å². The number of ether oxygens (including phenoxy) is 1. The van der Waals surface area contributed by atoms with Crippen LogP contribution in [0.3, 0.4) is 0 Å². The summed E-state index contributed by atoms with van der Waals surface area (Å²) < 4.78 is 5.84. The maximum absolute atomic E-state index is 5.84. The minimum Gasteiger partial charge on any atom is -0.491 e. The van der Waals surface area contributed by atoms with Gasteiger partial charge in [0.25, 0.3) is 0 Å². The molecule has 2 rings (SSSR count). The Morgan fingerprint density at radius 2 is 1.38 bits per heavy atom. The molecule has 0 aliphatic rings. The van der Waals surface area contributed by atoms with Crippen LogP contribution in [-0.2, 0) is 5.41 Å². The summed E-state index contributed by atoms with van der Waals surface area (Å²) in [7, 11) is 0. The van der Waals surface area contributed by atoms with Crippen molar-refractivity contribution in [3.05, 3.63) is 54.1 Å². The van der Waals surface area contributed by atoms with Crippen LogP contribution in [0.15, 0.2) is 58.3 Å². The van der Waals surface area contributed by atoms with Crippen LogP contribution in [0.1, 0.15) is 59.4 Å². The van der Waals surface area contributed by atoms with Gasteiger partial charge in [-0.3, -0.25) is 0 Å². The van der Waals surface area contributed by atoms with Gasteiger partial charge in [-0.1, -0.05) is 51.6 Å². The molecule has 2 heteroatoms. The lowest BCUT2D eigenvalue weighted by Crippen LogP contribution is -2.19. The number of hydrogen-bond donors (Lipinski definition) is 0. The van der Waals surface area contributed by atoms with E-state index in [9.17, 15) is 0 Å². The molecule has 130 valence electrons. The van der Waals surface area contributed by atoms with Crippen LogP contribution in [0.5, 0.6) is 5.75 Å². The Hall–Kier alpha value is -1.41. The highest BCUT2D eigenvalue weighted by Crippen LogP contribution is 2.34. The average molecular weight is 343 g/mol. The van der Waals surface area contributed by atoms with Crippen molar-refractivity contribution < 1.29 is 4.74 Å². The zero-order valence-electron chi connectivity index (χ0n) is 15.6. The normalized spacial score (nSPS) is 12.9. The molecule has 1 atom stereocenters. The zero-order valence-corrected chi connectivity index (χ0v) is 16.5. The topological polar surface area (TPSA) is 9.23 Å². The molecule has 24 heavy (non-hydrogen) atoms. The van der Waals surface area contributed by atoms with Gasteiger partial charge in [0, 0.05) is 9.79 Å². The van der Waals surface area contributed by atoms with Crippen molar-refractivity contribution in [3.8, 4) is 5.75 Å². The van der Waals surface area contributed by atoms with Crippen molar-refractivity contribution in [2.75, 3.05) is 0 Å². The Morgan fingerprint density at radius 1 is 0.875 bits per heavy atom. The molecule has 0 fully saturated rings. The molecule has 0 N–H and O–H groups in total. The van der Waals surface area contributed by atoms with Crippen LogP contribution in [-0.4, -0.2) is 6.10 Å². The van der Waals surface area contributed by atoms with Crippen LogP contribution < -0.4 is 4.74 Å². The van der Waals surface area contributed by atoms with E-state index >= 15 is 0 Å². The van der Waals surface area contributed by atoms with Gasteiger partial charge in [-0.15, -0.1) is 0 Å². The summed E-state index contributed by atoms with van der Waals surface area (Å²) in [6.07, 6.45) is 3.64. The van der Waals surface area contributed by atoms with Crippen LogP contribution in [0.2, 0.25) is 0 Å². The highest BCUT2D eigenvalue weighted by molar-refractivity contribution is 7.99. The molecule has 0 aliphatic heterocycles. The molecule has 2 aromatic rings. The van der Waals surface area contributed by atoms with E-state index in [4.69, 9.17) is 4.74 Å². The lowest BCUT2D eigenvalue weighted by atomic mass is 9.78. The Morgan fingerprint density at radius 3 is 1.83 bits per heavy atom. The smallest absolute Gasteiger partial charge is 0.119 e. The number of rotatable bonds is 8. The molecule has 0 aliphatic carbocycles. The summed E-state index contributed by atoms with van der Waals surface area (Å²) >= 11 is 1.80. The summed E-state index contributed by atoms with van der Waals surface area (Å²) in [5, 5.41) is 0. The first-order chi connectivity index (χ1) is 11.5. The Balaban J connectivity index is 2.03. The molecule has 1 nitrogen and oxygen atoms in total. The fourth-order valence-corrected chi connectivity index (χ4v) is 3.44. The maximum atomic E-state index is 5.84. The highest BCUT2D eigenvalue weighted by atomic mass is 32.2. The molecule has 0 amide bonds. The average Bonchev–Trinajstić information content (AvgIpc) is 2.63. The van der Waals surface area contributed by atoms with Crippen molar-refractivity contribution in [3.63, 3.8) is 0 Å². The molecular formula is C22H30OS.